The summed E-state index contributed by atoms with van der Waals surface area (Å²) < 4.78 is 26.5. The van der Waals surface area contributed by atoms with Gasteiger partial charge in [-0.1, -0.05) is 20.8 Å². The van der Waals surface area contributed by atoms with Crippen molar-refractivity contribution in [2.45, 2.75) is 38.9 Å². The summed E-state index contributed by atoms with van der Waals surface area (Å²) in [4.78, 5) is 0. The standard InChI is InChI=1S/C12H24N2O2S/c1-12(2,3)10-5-7-14(9-10)17(15,16)11-4-6-13-8-11/h10-11,13H,4-9H2,1-3H3. The van der Waals surface area contributed by atoms with Gasteiger partial charge in [0.2, 0.25) is 10.0 Å². The van der Waals surface area contributed by atoms with Crippen molar-refractivity contribution in [3.8, 4) is 0 Å². The first-order valence-electron chi connectivity index (χ1n) is 6.51. The van der Waals surface area contributed by atoms with Crippen LogP contribution in [-0.4, -0.2) is 44.2 Å². The van der Waals surface area contributed by atoms with Crippen molar-refractivity contribution in [2.75, 3.05) is 26.2 Å². The van der Waals surface area contributed by atoms with Crippen LogP contribution in [0.3, 0.4) is 0 Å². The van der Waals surface area contributed by atoms with Gasteiger partial charge < -0.3 is 5.32 Å². The first kappa shape index (κ1) is 13.3. The molecule has 0 bridgehead atoms. The van der Waals surface area contributed by atoms with E-state index in [1.807, 2.05) is 0 Å². The summed E-state index contributed by atoms with van der Waals surface area (Å²) in [6.45, 7) is 9.48. The second-order valence-electron chi connectivity index (χ2n) is 6.37. The molecular formula is C12H24N2O2S. The maximum atomic E-state index is 12.4. The summed E-state index contributed by atoms with van der Waals surface area (Å²) in [6.07, 6.45) is 1.77. The third-order valence-electron chi connectivity index (χ3n) is 4.17. The molecule has 0 aromatic carbocycles. The smallest absolute Gasteiger partial charge is 0.218 e. The molecule has 2 fully saturated rings. The summed E-state index contributed by atoms with van der Waals surface area (Å²) in [5.74, 6) is 0.492. The van der Waals surface area contributed by atoms with Gasteiger partial charge in [-0.15, -0.1) is 0 Å². The molecule has 0 aliphatic carbocycles. The van der Waals surface area contributed by atoms with Crippen LogP contribution in [0.4, 0.5) is 0 Å². The van der Waals surface area contributed by atoms with Gasteiger partial charge in [0.15, 0.2) is 0 Å². The lowest BCUT2D eigenvalue weighted by molar-refractivity contribution is 0.251. The third-order valence-corrected chi connectivity index (χ3v) is 6.47. The van der Waals surface area contributed by atoms with Gasteiger partial charge in [-0.25, -0.2) is 12.7 Å². The Balaban J connectivity index is 2.05. The van der Waals surface area contributed by atoms with Crippen LogP contribution in [0, 0.1) is 11.3 Å². The molecule has 2 rings (SSSR count). The van der Waals surface area contributed by atoms with E-state index < -0.39 is 10.0 Å². The van der Waals surface area contributed by atoms with Crippen LogP contribution in [0.25, 0.3) is 0 Å². The molecule has 2 aliphatic heterocycles. The lowest BCUT2D eigenvalue weighted by atomic mass is 9.80. The Morgan fingerprint density at radius 3 is 2.41 bits per heavy atom. The van der Waals surface area contributed by atoms with Gasteiger partial charge in [-0.3, -0.25) is 0 Å². The lowest BCUT2D eigenvalue weighted by Crippen LogP contribution is -2.39. The minimum Gasteiger partial charge on any atom is -0.315 e. The Labute approximate surface area is 105 Å². The summed E-state index contributed by atoms with van der Waals surface area (Å²) in [5.41, 5.74) is 0.207. The average molecular weight is 260 g/mol. The molecule has 0 saturated carbocycles. The Morgan fingerprint density at radius 1 is 1.24 bits per heavy atom. The Bertz CT molecular complexity index is 366. The van der Waals surface area contributed by atoms with E-state index >= 15 is 0 Å². The molecule has 2 aliphatic rings. The van der Waals surface area contributed by atoms with Crippen LogP contribution >= 0.6 is 0 Å². The molecule has 2 unspecified atom stereocenters. The van der Waals surface area contributed by atoms with Crippen LogP contribution < -0.4 is 5.32 Å². The second kappa shape index (κ2) is 4.52. The largest absolute Gasteiger partial charge is 0.315 e. The Hall–Kier alpha value is -0.130. The predicted octanol–water partition coefficient (Wildman–Crippen LogP) is 1.05. The average Bonchev–Trinajstić information content (AvgIpc) is 2.89. The minimum absolute atomic E-state index is 0.193. The highest BCUT2D eigenvalue weighted by molar-refractivity contribution is 7.89. The molecule has 2 saturated heterocycles. The van der Waals surface area contributed by atoms with Crippen molar-refractivity contribution in [3.63, 3.8) is 0 Å². The molecule has 0 aromatic heterocycles. The van der Waals surface area contributed by atoms with Gasteiger partial charge in [0.05, 0.1) is 5.25 Å². The first-order valence-corrected chi connectivity index (χ1v) is 8.02. The van der Waals surface area contributed by atoms with Gasteiger partial charge in [-0.05, 0) is 30.7 Å². The maximum absolute atomic E-state index is 12.4. The van der Waals surface area contributed by atoms with Crippen molar-refractivity contribution in [2.24, 2.45) is 11.3 Å². The molecule has 0 aromatic rings. The third kappa shape index (κ3) is 2.66. The molecule has 0 amide bonds. The van der Waals surface area contributed by atoms with Crippen LogP contribution in [0.2, 0.25) is 0 Å². The zero-order valence-corrected chi connectivity index (χ0v) is 11.9. The highest BCUT2D eigenvalue weighted by Gasteiger charge is 2.40. The zero-order valence-electron chi connectivity index (χ0n) is 11.1. The lowest BCUT2D eigenvalue weighted by Gasteiger charge is -2.27. The topological polar surface area (TPSA) is 49.4 Å². The number of nitrogens with one attached hydrogen (secondary N) is 1. The van der Waals surface area contributed by atoms with Crippen LogP contribution in [0.1, 0.15) is 33.6 Å². The van der Waals surface area contributed by atoms with E-state index in [1.165, 1.54) is 0 Å². The first-order chi connectivity index (χ1) is 7.82. The van der Waals surface area contributed by atoms with Gasteiger partial charge in [0.1, 0.15) is 0 Å². The Morgan fingerprint density at radius 2 is 1.94 bits per heavy atom. The second-order valence-corrected chi connectivity index (χ2v) is 8.58. The van der Waals surface area contributed by atoms with Gasteiger partial charge >= 0.3 is 0 Å². The molecule has 2 heterocycles. The van der Waals surface area contributed by atoms with Crippen LogP contribution in [0.15, 0.2) is 0 Å². The van der Waals surface area contributed by atoms with E-state index in [-0.39, 0.29) is 10.7 Å². The van der Waals surface area contributed by atoms with Crippen molar-refractivity contribution >= 4 is 10.0 Å². The number of rotatable bonds is 2. The highest BCUT2D eigenvalue weighted by Crippen LogP contribution is 2.35. The number of hydrogen-bond donors (Lipinski definition) is 1. The van der Waals surface area contributed by atoms with Crippen LogP contribution in [0.5, 0.6) is 0 Å². The molecule has 4 nitrogen and oxygen atoms in total. The molecule has 0 radical (unpaired) electrons. The van der Waals surface area contributed by atoms with Gasteiger partial charge in [-0.2, -0.15) is 0 Å². The molecule has 1 N–H and O–H groups in total. The van der Waals surface area contributed by atoms with E-state index in [2.05, 4.69) is 26.1 Å². The fourth-order valence-electron chi connectivity index (χ4n) is 2.76. The fourth-order valence-corrected chi connectivity index (χ4v) is 4.67. The predicted molar refractivity (Wildman–Crippen MR) is 69.3 cm³/mol. The van der Waals surface area contributed by atoms with E-state index in [0.717, 1.165) is 19.4 Å². The van der Waals surface area contributed by atoms with Gasteiger partial charge in [0, 0.05) is 19.6 Å². The van der Waals surface area contributed by atoms with Crippen molar-refractivity contribution in [1.82, 2.24) is 9.62 Å². The zero-order chi connectivity index (χ0) is 12.7. The summed E-state index contributed by atoms with van der Waals surface area (Å²) in [5, 5.41) is 2.94. The Kier molecular flexibility index (Phi) is 3.54. The van der Waals surface area contributed by atoms with Crippen LogP contribution in [-0.2, 0) is 10.0 Å². The van der Waals surface area contributed by atoms with Gasteiger partial charge in [0.25, 0.3) is 0 Å². The molecule has 0 spiro atoms. The highest BCUT2D eigenvalue weighted by atomic mass is 32.2. The van der Waals surface area contributed by atoms with Crippen molar-refractivity contribution in [3.05, 3.63) is 0 Å². The molecular weight excluding hydrogens is 236 g/mol. The monoisotopic (exact) mass is 260 g/mol. The maximum Gasteiger partial charge on any atom is 0.218 e. The SMILES string of the molecule is CC(C)(C)C1CCN(S(=O)(=O)C2CCNC2)C1. The number of hydrogen-bond acceptors (Lipinski definition) is 3. The fraction of sp³-hybridized carbons (Fsp3) is 1.00. The molecule has 17 heavy (non-hydrogen) atoms. The summed E-state index contributed by atoms with van der Waals surface area (Å²) in [6, 6.07) is 0. The van der Waals surface area contributed by atoms with Crippen molar-refractivity contribution < 1.29 is 8.42 Å². The quantitative estimate of drug-likeness (QED) is 0.807. The molecule has 2 atom stereocenters. The number of nitrogens with zero attached hydrogens (tertiary/aromatic N) is 1. The van der Waals surface area contributed by atoms with E-state index in [4.69, 9.17) is 0 Å². The number of sulfonamides is 1. The molecule has 5 heteroatoms. The summed E-state index contributed by atoms with van der Waals surface area (Å²) in [7, 11) is -3.06. The minimum atomic E-state index is -3.06. The normalized spacial score (nSPS) is 32.2. The van der Waals surface area contributed by atoms with E-state index in [9.17, 15) is 8.42 Å². The summed E-state index contributed by atoms with van der Waals surface area (Å²) >= 11 is 0. The van der Waals surface area contributed by atoms with E-state index in [1.54, 1.807) is 4.31 Å². The van der Waals surface area contributed by atoms with Crippen molar-refractivity contribution in [1.29, 1.82) is 0 Å². The molecule has 100 valence electrons. The van der Waals surface area contributed by atoms with E-state index in [0.29, 0.717) is 25.6 Å².